The van der Waals surface area contributed by atoms with E-state index < -0.39 is 11.4 Å². The first-order chi connectivity index (χ1) is 8.33. The Hall–Kier alpha value is -1.14. The molecule has 0 bridgehead atoms. The molecule has 106 valence electrons. The summed E-state index contributed by atoms with van der Waals surface area (Å²) in [4.78, 5) is 24.1. The minimum Gasteiger partial charge on any atom is -0.481 e. The second-order valence-corrected chi connectivity index (χ2v) is 4.78. The number of hydrogen-bond donors (Lipinski definition) is 1. The molecular formula is C12H23NO5. The van der Waals surface area contributed by atoms with Gasteiger partial charge in [0.25, 0.3) is 0 Å². The zero-order chi connectivity index (χ0) is 14.2. The fraction of sp³-hybridized carbons (Fsp3) is 0.833. The van der Waals surface area contributed by atoms with Crippen LogP contribution < -0.4 is 0 Å². The lowest BCUT2D eigenvalue weighted by Gasteiger charge is -2.29. The first kappa shape index (κ1) is 16.9. The molecule has 0 aromatic carbocycles. The van der Waals surface area contributed by atoms with Gasteiger partial charge < -0.3 is 14.6 Å². The Bertz CT molecular complexity index is 278. The quantitative estimate of drug-likeness (QED) is 0.613. The summed E-state index contributed by atoms with van der Waals surface area (Å²) in [5.74, 6) is -1.16. The van der Waals surface area contributed by atoms with E-state index in [1.165, 1.54) is 7.11 Å². The van der Waals surface area contributed by atoms with Crippen molar-refractivity contribution >= 4 is 11.9 Å². The number of carbonyl (C=O) groups is 2. The molecule has 6 heteroatoms. The van der Waals surface area contributed by atoms with E-state index >= 15 is 0 Å². The standard InChI is InChI=1S/C12H23NO5/c1-12(2,11(15)16)9-13(7-8-17-3)6-5-10(14)18-4/h5-9H2,1-4H3,(H,15,16). The van der Waals surface area contributed by atoms with Crippen molar-refractivity contribution in [2.24, 2.45) is 5.41 Å². The van der Waals surface area contributed by atoms with Crippen molar-refractivity contribution in [2.45, 2.75) is 20.3 Å². The van der Waals surface area contributed by atoms with E-state index in [2.05, 4.69) is 4.74 Å². The summed E-state index contributed by atoms with van der Waals surface area (Å²) in [5, 5.41) is 9.09. The highest BCUT2D eigenvalue weighted by Gasteiger charge is 2.29. The normalized spacial score (nSPS) is 11.6. The largest absolute Gasteiger partial charge is 0.481 e. The van der Waals surface area contributed by atoms with Crippen LogP contribution in [0.1, 0.15) is 20.3 Å². The van der Waals surface area contributed by atoms with Crippen molar-refractivity contribution in [3.63, 3.8) is 0 Å². The monoisotopic (exact) mass is 261 g/mol. The van der Waals surface area contributed by atoms with Crippen LogP contribution >= 0.6 is 0 Å². The molecule has 0 spiro atoms. The molecule has 0 fully saturated rings. The molecule has 0 unspecified atom stereocenters. The second kappa shape index (κ2) is 8.05. The third-order valence-electron chi connectivity index (χ3n) is 2.67. The topological polar surface area (TPSA) is 76.1 Å². The molecule has 0 heterocycles. The van der Waals surface area contributed by atoms with Crippen LogP contribution in [0.3, 0.4) is 0 Å². The van der Waals surface area contributed by atoms with Gasteiger partial charge in [0.05, 0.1) is 25.6 Å². The fourth-order valence-corrected chi connectivity index (χ4v) is 1.47. The molecule has 0 saturated heterocycles. The fourth-order valence-electron chi connectivity index (χ4n) is 1.47. The molecule has 0 aliphatic heterocycles. The van der Waals surface area contributed by atoms with Crippen LogP contribution in [0, 0.1) is 5.41 Å². The van der Waals surface area contributed by atoms with Gasteiger partial charge >= 0.3 is 11.9 Å². The van der Waals surface area contributed by atoms with Gasteiger partial charge in [0.1, 0.15) is 0 Å². The van der Waals surface area contributed by atoms with Crippen LogP contribution in [-0.4, -0.2) is 62.4 Å². The third-order valence-corrected chi connectivity index (χ3v) is 2.67. The molecule has 0 atom stereocenters. The average Bonchev–Trinajstić information content (AvgIpc) is 2.31. The summed E-state index contributed by atoms with van der Waals surface area (Å²) in [7, 11) is 2.92. The Morgan fingerprint density at radius 2 is 1.83 bits per heavy atom. The Kier molecular flexibility index (Phi) is 7.54. The summed E-state index contributed by atoms with van der Waals surface area (Å²) in [6, 6.07) is 0. The molecule has 0 amide bonds. The van der Waals surface area contributed by atoms with Gasteiger partial charge in [0.2, 0.25) is 0 Å². The number of esters is 1. The number of rotatable bonds is 9. The van der Waals surface area contributed by atoms with Gasteiger partial charge in [-0.3, -0.25) is 14.5 Å². The number of carboxylic acids is 1. The number of carbonyl (C=O) groups excluding carboxylic acids is 1. The van der Waals surface area contributed by atoms with Crippen molar-refractivity contribution in [1.82, 2.24) is 4.90 Å². The van der Waals surface area contributed by atoms with Gasteiger partial charge in [-0.1, -0.05) is 0 Å². The first-order valence-electron chi connectivity index (χ1n) is 5.85. The summed E-state index contributed by atoms with van der Waals surface area (Å²) in [5.41, 5.74) is -0.857. The summed E-state index contributed by atoms with van der Waals surface area (Å²) in [6.07, 6.45) is 0.246. The van der Waals surface area contributed by atoms with Gasteiger partial charge in [-0.25, -0.2) is 0 Å². The van der Waals surface area contributed by atoms with Crippen LogP contribution in [0.15, 0.2) is 0 Å². The van der Waals surface area contributed by atoms with Crippen molar-refractivity contribution in [3.8, 4) is 0 Å². The Morgan fingerprint density at radius 3 is 2.28 bits per heavy atom. The molecule has 0 aromatic rings. The SMILES string of the molecule is COCCN(CCC(=O)OC)CC(C)(C)C(=O)O. The van der Waals surface area contributed by atoms with E-state index in [-0.39, 0.29) is 12.4 Å². The molecule has 0 radical (unpaired) electrons. The lowest BCUT2D eigenvalue weighted by atomic mass is 9.93. The van der Waals surface area contributed by atoms with Crippen LogP contribution in [0.2, 0.25) is 0 Å². The van der Waals surface area contributed by atoms with E-state index in [1.807, 2.05) is 4.90 Å². The number of methoxy groups -OCH3 is 2. The van der Waals surface area contributed by atoms with Crippen molar-refractivity contribution < 1.29 is 24.2 Å². The van der Waals surface area contributed by atoms with Gasteiger partial charge in [-0.2, -0.15) is 0 Å². The summed E-state index contributed by atoms with van der Waals surface area (Å²) >= 11 is 0. The van der Waals surface area contributed by atoms with Crippen molar-refractivity contribution in [3.05, 3.63) is 0 Å². The lowest BCUT2D eigenvalue weighted by molar-refractivity contribution is -0.148. The Balaban J connectivity index is 4.38. The molecule has 0 aromatic heterocycles. The average molecular weight is 261 g/mol. The van der Waals surface area contributed by atoms with Crippen LogP contribution in [0.4, 0.5) is 0 Å². The number of ether oxygens (including phenoxy) is 2. The van der Waals surface area contributed by atoms with Crippen LogP contribution in [-0.2, 0) is 19.1 Å². The number of carboxylic acid groups (broad SMARTS) is 1. The molecule has 1 N–H and O–H groups in total. The highest BCUT2D eigenvalue weighted by Crippen LogP contribution is 2.17. The number of hydrogen-bond acceptors (Lipinski definition) is 5. The van der Waals surface area contributed by atoms with E-state index in [9.17, 15) is 9.59 Å². The molecule has 0 saturated carbocycles. The van der Waals surface area contributed by atoms with Gasteiger partial charge in [-0.05, 0) is 13.8 Å². The maximum Gasteiger partial charge on any atom is 0.310 e. The molecule has 0 aliphatic rings. The molecule has 0 aliphatic carbocycles. The number of nitrogens with zero attached hydrogens (tertiary/aromatic N) is 1. The third kappa shape index (κ3) is 6.56. The van der Waals surface area contributed by atoms with E-state index in [1.54, 1.807) is 21.0 Å². The van der Waals surface area contributed by atoms with Gasteiger partial charge in [0, 0.05) is 26.7 Å². The van der Waals surface area contributed by atoms with Gasteiger partial charge in [0.15, 0.2) is 0 Å². The number of aliphatic carboxylic acids is 1. The maximum absolute atomic E-state index is 11.1. The Labute approximate surface area is 108 Å². The van der Waals surface area contributed by atoms with Crippen molar-refractivity contribution in [2.75, 3.05) is 40.5 Å². The zero-order valence-electron chi connectivity index (χ0n) is 11.6. The van der Waals surface area contributed by atoms with Crippen LogP contribution in [0.5, 0.6) is 0 Å². The van der Waals surface area contributed by atoms with E-state index in [0.29, 0.717) is 26.2 Å². The molecule has 0 rings (SSSR count). The first-order valence-corrected chi connectivity index (χ1v) is 5.85. The van der Waals surface area contributed by atoms with E-state index in [4.69, 9.17) is 9.84 Å². The van der Waals surface area contributed by atoms with Crippen molar-refractivity contribution in [1.29, 1.82) is 0 Å². The predicted octanol–water partition coefficient (Wildman–Crippen LogP) is 0.609. The predicted molar refractivity (Wildman–Crippen MR) is 66.4 cm³/mol. The minimum atomic E-state index is -0.858. The highest BCUT2D eigenvalue weighted by atomic mass is 16.5. The minimum absolute atomic E-state index is 0.246. The lowest BCUT2D eigenvalue weighted by Crippen LogP contribution is -2.41. The second-order valence-electron chi connectivity index (χ2n) is 4.78. The summed E-state index contributed by atoms with van der Waals surface area (Å²) in [6.45, 7) is 5.23. The Morgan fingerprint density at radius 1 is 1.22 bits per heavy atom. The maximum atomic E-state index is 11.1. The van der Waals surface area contributed by atoms with Gasteiger partial charge in [-0.15, -0.1) is 0 Å². The highest BCUT2D eigenvalue weighted by molar-refractivity contribution is 5.74. The molecular weight excluding hydrogens is 238 g/mol. The molecule has 18 heavy (non-hydrogen) atoms. The summed E-state index contributed by atoms with van der Waals surface area (Å²) < 4.78 is 9.54. The molecule has 6 nitrogen and oxygen atoms in total. The zero-order valence-corrected chi connectivity index (χ0v) is 11.6. The van der Waals surface area contributed by atoms with E-state index in [0.717, 1.165) is 0 Å². The smallest absolute Gasteiger partial charge is 0.310 e. The van der Waals surface area contributed by atoms with Crippen LogP contribution in [0.25, 0.3) is 0 Å².